The van der Waals surface area contributed by atoms with E-state index in [0.29, 0.717) is 21.6 Å². The Hall–Kier alpha value is -2.46. The molecule has 0 bridgehead atoms. The number of hydrogen-bond acceptors (Lipinski definition) is 2. The van der Waals surface area contributed by atoms with Crippen molar-refractivity contribution in [3.63, 3.8) is 0 Å². The van der Waals surface area contributed by atoms with Gasteiger partial charge >= 0.3 is 6.09 Å². The number of alkyl carbamates (subject to hydrolysis) is 1. The summed E-state index contributed by atoms with van der Waals surface area (Å²) < 4.78 is 5.50. The van der Waals surface area contributed by atoms with E-state index >= 15 is 0 Å². The Kier molecular flexibility index (Phi) is 6.33. The molecule has 0 radical (unpaired) electrons. The molecule has 1 aliphatic carbocycles. The molecule has 0 atom stereocenters. The lowest BCUT2D eigenvalue weighted by Crippen LogP contribution is -2.26. The second kappa shape index (κ2) is 9.13. The van der Waals surface area contributed by atoms with Crippen LogP contribution in [0.5, 0.6) is 0 Å². The molecule has 0 heterocycles. The van der Waals surface area contributed by atoms with E-state index in [9.17, 15) is 4.79 Å². The zero-order valence-corrected chi connectivity index (χ0v) is 18.1. The number of amides is 1. The molecular weight excluding hydrogens is 441 g/mol. The number of rotatable bonds is 5. The van der Waals surface area contributed by atoms with Crippen molar-refractivity contribution in [1.29, 1.82) is 0 Å². The van der Waals surface area contributed by atoms with Gasteiger partial charge in [-0.25, -0.2) is 4.79 Å². The summed E-state index contributed by atoms with van der Waals surface area (Å²) in [7, 11) is 0. The maximum absolute atomic E-state index is 12.2. The summed E-state index contributed by atoms with van der Waals surface area (Å²) in [6, 6.07) is 19.9. The first kappa shape index (κ1) is 20.8. The minimum Gasteiger partial charge on any atom is -0.449 e. The van der Waals surface area contributed by atoms with Gasteiger partial charge in [-0.1, -0.05) is 95.5 Å². The van der Waals surface area contributed by atoms with Gasteiger partial charge in [0.15, 0.2) is 0 Å². The molecule has 4 rings (SSSR count). The van der Waals surface area contributed by atoms with E-state index in [4.69, 9.17) is 39.5 Å². The van der Waals surface area contributed by atoms with Crippen LogP contribution in [0.15, 0.2) is 66.7 Å². The summed E-state index contributed by atoms with van der Waals surface area (Å²) in [6.45, 7) is 0.598. The van der Waals surface area contributed by atoms with Crippen LogP contribution < -0.4 is 5.32 Å². The third-order valence-electron chi connectivity index (χ3n) is 5.02. The van der Waals surface area contributed by atoms with Gasteiger partial charge in [0.2, 0.25) is 0 Å². The number of carbonyl (C=O) groups is 1. The fourth-order valence-corrected chi connectivity index (χ4v) is 4.27. The molecule has 3 aromatic carbocycles. The zero-order chi connectivity index (χ0) is 21.1. The molecule has 0 saturated heterocycles. The van der Waals surface area contributed by atoms with Gasteiger partial charge in [-0.3, -0.25) is 0 Å². The molecule has 30 heavy (non-hydrogen) atoms. The van der Waals surface area contributed by atoms with Crippen LogP contribution in [0.1, 0.15) is 22.6 Å². The summed E-state index contributed by atoms with van der Waals surface area (Å²) in [5.74, 6) is 0.0389. The Morgan fingerprint density at radius 2 is 1.50 bits per heavy atom. The molecule has 1 aliphatic rings. The number of halogens is 3. The van der Waals surface area contributed by atoms with E-state index < -0.39 is 6.09 Å². The molecule has 0 saturated carbocycles. The molecule has 6 heteroatoms. The first-order valence-corrected chi connectivity index (χ1v) is 10.6. The predicted molar refractivity (Wildman–Crippen MR) is 124 cm³/mol. The second-order valence-corrected chi connectivity index (χ2v) is 8.10. The Bertz CT molecular complexity index is 1060. The first-order chi connectivity index (χ1) is 14.5. The fourth-order valence-electron chi connectivity index (χ4n) is 3.66. The largest absolute Gasteiger partial charge is 0.449 e. The third kappa shape index (κ3) is 4.34. The van der Waals surface area contributed by atoms with Crippen molar-refractivity contribution >= 4 is 47.0 Å². The molecule has 1 amide bonds. The lowest BCUT2D eigenvalue weighted by Gasteiger charge is -2.14. The van der Waals surface area contributed by atoms with Crippen LogP contribution in [0.2, 0.25) is 15.1 Å². The zero-order valence-electron chi connectivity index (χ0n) is 15.9. The smallest absolute Gasteiger partial charge is 0.407 e. The van der Waals surface area contributed by atoms with Crippen molar-refractivity contribution in [1.82, 2.24) is 5.32 Å². The standard InChI is InChI=1S/C24H18Cl3NO2/c25-21-12-15(13-22(26)23(21)27)6-5-11-28-24(29)30-14-20-18-9-3-1-7-16(18)17-8-2-4-10-19(17)20/h1-10,12-13,20H,11,14H2,(H,28,29). The SMILES string of the molecule is O=C(NCC=Cc1cc(Cl)c(Cl)c(Cl)c1)OCC1c2ccccc2-c2ccccc21. The lowest BCUT2D eigenvalue weighted by molar-refractivity contribution is 0.144. The van der Waals surface area contributed by atoms with Crippen molar-refractivity contribution < 1.29 is 9.53 Å². The number of carbonyl (C=O) groups excluding carboxylic acids is 1. The first-order valence-electron chi connectivity index (χ1n) is 9.44. The summed E-state index contributed by atoms with van der Waals surface area (Å²) in [6.07, 6.45) is 3.13. The molecule has 3 nitrogen and oxygen atoms in total. The summed E-state index contributed by atoms with van der Waals surface area (Å²) in [5.41, 5.74) is 5.56. The van der Waals surface area contributed by atoms with Crippen molar-refractivity contribution in [3.8, 4) is 11.1 Å². The van der Waals surface area contributed by atoms with Crippen LogP contribution in [-0.4, -0.2) is 19.2 Å². The number of benzene rings is 3. The van der Waals surface area contributed by atoms with E-state index in [1.807, 2.05) is 24.3 Å². The Labute approximate surface area is 190 Å². The normalized spacial score (nSPS) is 12.6. The number of hydrogen-bond donors (Lipinski definition) is 1. The van der Waals surface area contributed by atoms with Crippen LogP contribution in [0.3, 0.4) is 0 Å². The van der Waals surface area contributed by atoms with Crippen LogP contribution in [0.4, 0.5) is 4.79 Å². The Morgan fingerprint density at radius 1 is 0.933 bits per heavy atom. The second-order valence-electron chi connectivity index (χ2n) is 6.91. The van der Waals surface area contributed by atoms with Crippen LogP contribution in [0.25, 0.3) is 17.2 Å². The lowest BCUT2D eigenvalue weighted by atomic mass is 9.98. The van der Waals surface area contributed by atoms with Crippen molar-refractivity contribution in [2.75, 3.05) is 13.2 Å². The Balaban J connectivity index is 1.34. The van der Waals surface area contributed by atoms with Gasteiger partial charge < -0.3 is 10.1 Å². The predicted octanol–water partition coefficient (Wildman–Crippen LogP) is 7.20. The van der Waals surface area contributed by atoms with Gasteiger partial charge in [0.05, 0.1) is 15.1 Å². The van der Waals surface area contributed by atoms with E-state index in [1.54, 1.807) is 24.3 Å². The summed E-state index contributed by atoms with van der Waals surface area (Å²) in [5, 5.41) is 3.82. The molecule has 0 unspecified atom stereocenters. The fraction of sp³-hybridized carbons (Fsp3) is 0.125. The van der Waals surface area contributed by atoms with Crippen LogP contribution >= 0.6 is 34.8 Å². The topological polar surface area (TPSA) is 38.3 Å². The number of nitrogens with one attached hydrogen (secondary N) is 1. The van der Waals surface area contributed by atoms with Gasteiger partial charge in [-0.15, -0.1) is 0 Å². The maximum atomic E-state index is 12.2. The number of ether oxygens (including phenoxy) is 1. The molecule has 0 fully saturated rings. The Morgan fingerprint density at radius 3 is 2.10 bits per heavy atom. The average Bonchev–Trinajstić information content (AvgIpc) is 3.07. The quantitative estimate of drug-likeness (QED) is 0.411. The molecule has 1 N–H and O–H groups in total. The molecule has 0 aliphatic heterocycles. The highest BCUT2D eigenvalue weighted by molar-refractivity contribution is 6.48. The van der Waals surface area contributed by atoms with Crippen molar-refractivity contribution in [2.24, 2.45) is 0 Å². The van der Waals surface area contributed by atoms with Crippen LogP contribution in [-0.2, 0) is 4.74 Å². The summed E-state index contributed by atoms with van der Waals surface area (Å²) >= 11 is 18.0. The van der Waals surface area contributed by atoms with Gasteiger partial charge in [0.25, 0.3) is 0 Å². The highest BCUT2D eigenvalue weighted by atomic mass is 35.5. The number of fused-ring (bicyclic) bond motifs is 3. The van der Waals surface area contributed by atoms with Crippen LogP contribution in [0, 0.1) is 0 Å². The summed E-state index contributed by atoms with van der Waals surface area (Å²) in [4.78, 5) is 12.2. The third-order valence-corrected chi connectivity index (χ3v) is 6.22. The van der Waals surface area contributed by atoms with Crippen molar-refractivity contribution in [3.05, 3.63) is 98.5 Å². The minimum atomic E-state index is -0.464. The molecule has 0 spiro atoms. The minimum absolute atomic E-state index is 0.0389. The van der Waals surface area contributed by atoms with Gasteiger partial charge in [0, 0.05) is 12.5 Å². The maximum Gasteiger partial charge on any atom is 0.407 e. The monoisotopic (exact) mass is 457 g/mol. The molecule has 0 aromatic heterocycles. The average molecular weight is 459 g/mol. The van der Waals surface area contributed by atoms with Gasteiger partial charge in [-0.05, 0) is 39.9 Å². The molecule has 152 valence electrons. The van der Waals surface area contributed by atoms with Crippen molar-refractivity contribution in [2.45, 2.75) is 5.92 Å². The molecular formula is C24H18Cl3NO2. The van der Waals surface area contributed by atoms with E-state index in [-0.39, 0.29) is 12.5 Å². The van der Waals surface area contributed by atoms with E-state index in [0.717, 1.165) is 5.56 Å². The van der Waals surface area contributed by atoms with E-state index in [1.165, 1.54) is 22.3 Å². The van der Waals surface area contributed by atoms with Gasteiger partial charge in [0.1, 0.15) is 6.61 Å². The highest BCUT2D eigenvalue weighted by Gasteiger charge is 2.28. The van der Waals surface area contributed by atoms with E-state index in [2.05, 4.69) is 29.6 Å². The highest BCUT2D eigenvalue weighted by Crippen LogP contribution is 2.44. The molecule has 3 aromatic rings. The van der Waals surface area contributed by atoms with Gasteiger partial charge in [-0.2, -0.15) is 0 Å².